The molecule has 1 aliphatic carbocycles. The predicted octanol–water partition coefficient (Wildman–Crippen LogP) is 3.42. The summed E-state index contributed by atoms with van der Waals surface area (Å²) in [6.07, 6.45) is 2.65. The molecule has 3 rings (SSSR count). The Morgan fingerprint density at radius 3 is 2.61 bits per heavy atom. The molecule has 1 saturated carbocycles. The van der Waals surface area contributed by atoms with Crippen molar-refractivity contribution in [1.82, 2.24) is 14.7 Å². The van der Waals surface area contributed by atoms with Gasteiger partial charge >= 0.3 is 6.18 Å². The molecular formula is C16H22F3N3O. The molecule has 3 atom stereocenters. The van der Waals surface area contributed by atoms with Crippen molar-refractivity contribution in [3.05, 3.63) is 18.5 Å². The predicted molar refractivity (Wildman–Crippen MR) is 78.6 cm³/mol. The lowest BCUT2D eigenvalue weighted by molar-refractivity contribution is -0.201. The molecule has 2 heterocycles. The average Bonchev–Trinajstić information content (AvgIpc) is 3.08. The van der Waals surface area contributed by atoms with Crippen molar-refractivity contribution in [2.24, 2.45) is 11.8 Å². The van der Waals surface area contributed by atoms with Gasteiger partial charge in [0.2, 0.25) is 5.91 Å². The van der Waals surface area contributed by atoms with Crippen LogP contribution in [0, 0.1) is 11.8 Å². The maximum Gasteiger partial charge on any atom is 0.392 e. The van der Waals surface area contributed by atoms with Crippen molar-refractivity contribution in [3.8, 4) is 0 Å². The fourth-order valence-electron chi connectivity index (χ4n) is 3.92. The Kier molecular flexibility index (Phi) is 4.64. The molecule has 4 nitrogen and oxygen atoms in total. The summed E-state index contributed by atoms with van der Waals surface area (Å²) in [6.45, 7) is 1.01. The molecule has 128 valence electrons. The summed E-state index contributed by atoms with van der Waals surface area (Å²) in [6, 6.07) is 1.89. The van der Waals surface area contributed by atoms with E-state index < -0.39 is 18.0 Å². The number of halogens is 3. The van der Waals surface area contributed by atoms with Crippen molar-refractivity contribution >= 4 is 5.91 Å². The molecule has 1 aliphatic heterocycles. The van der Waals surface area contributed by atoms with Crippen LogP contribution in [0.2, 0.25) is 0 Å². The standard InChI is InChI=1S/C16H22F3N3O/c17-16(18,19)14-7-2-1-6-13(14)15(23)21-9-3-5-12(11-21)22-10-4-8-20-22/h4,8,10,12-14H,1-3,5-7,9,11H2/t12-,13-,14-/m1/s1. The lowest BCUT2D eigenvalue weighted by Gasteiger charge is -2.39. The van der Waals surface area contributed by atoms with Gasteiger partial charge in [-0.2, -0.15) is 18.3 Å². The molecule has 0 radical (unpaired) electrons. The summed E-state index contributed by atoms with van der Waals surface area (Å²) in [4.78, 5) is 14.4. The van der Waals surface area contributed by atoms with Gasteiger partial charge in [0.05, 0.1) is 12.0 Å². The minimum absolute atomic E-state index is 0.0654. The van der Waals surface area contributed by atoms with Crippen LogP contribution >= 0.6 is 0 Å². The van der Waals surface area contributed by atoms with Crippen molar-refractivity contribution in [2.45, 2.75) is 50.7 Å². The normalized spacial score (nSPS) is 29.5. The number of hydrogen-bond donors (Lipinski definition) is 0. The van der Waals surface area contributed by atoms with Gasteiger partial charge in [0.25, 0.3) is 0 Å². The maximum absolute atomic E-state index is 13.2. The van der Waals surface area contributed by atoms with E-state index in [0.29, 0.717) is 32.4 Å². The molecule has 0 aromatic carbocycles. The SMILES string of the molecule is O=C([C@@H]1CCCC[C@H]1C(F)(F)F)N1CCC[C@@H](n2cccn2)C1. The second-order valence-corrected chi connectivity index (χ2v) is 6.61. The number of nitrogens with zero attached hydrogens (tertiary/aromatic N) is 3. The van der Waals surface area contributed by atoms with Gasteiger partial charge in [0.15, 0.2) is 0 Å². The molecule has 0 spiro atoms. The molecule has 1 saturated heterocycles. The largest absolute Gasteiger partial charge is 0.392 e. The van der Waals surface area contributed by atoms with Crippen molar-refractivity contribution in [2.75, 3.05) is 13.1 Å². The van der Waals surface area contributed by atoms with E-state index >= 15 is 0 Å². The van der Waals surface area contributed by atoms with Crippen LogP contribution in [0.3, 0.4) is 0 Å². The zero-order valence-corrected chi connectivity index (χ0v) is 13.0. The highest BCUT2D eigenvalue weighted by atomic mass is 19.4. The van der Waals surface area contributed by atoms with Crippen molar-refractivity contribution in [1.29, 1.82) is 0 Å². The molecule has 0 N–H and O–H groups in total. The average molecular weight is 329 g/mol. The number of hydrogen-bond acceptors (Lipinski definition) is 2. The van der Waals surface area contributed by atoms with Gasteiger partial charge in [0.1, 0.15) is 0 Å². The smallest absolute Gasteiger partial charge is 0.340 e. The number of amides is 1. The monoisotopic (exact) mass is 329 g/mol. The third kappa shape index (κ3) is 3.53. The first-order valence-corrected chi connectivity index (χ1v) is 8.31. The zero-order valence-electron chi connectivity index (χ0n) is 13.0. The topological polar surface area (TPSA) is 38.1 Å². The second kappa shape index (κ2) is 6.53. The van der Waals surface area contributed by atoms with Crippen LogP contribution < -0.4 is 0 Å². The summed E-state index contributed by atoms with van der Waals surface area (Å²) in [7, 11) is 0. The molecule has 1 aromatic rings. The molecule has 1 amide bonds. The summed E-state index contributed by atoms with van der Waals surface area (Å²) in [5.74, 6) is -2.70. The van der Waals surface area contributed by atoms with E-state index in [0.717, 1.165) is 12.8 Å². The van der Waals surface area contributed by atoms with Crippen LogP contribution in [0.5, 0.6) is 0 Å². The highest BCUT2D eigenvalue weighted by molar-refractivity contribution is 5.79. The first-order chi connectivity index (χ1) is 11.0. The van der Waals surface area contributed by atoms with E-state index in [4.69, 9.17) is 0 Å². The second-order valence-electron chi connectivity index (χ2n) is 6.61. The minimum atomic E-state index is -4.28. The highest BCUT2D eigenvalue weighted by Gasteiger charge is 2.49. The molecule has 1 aromatic heterocycles. The van der Waals surface area contributed by atoms with Crippen LogP contribution in [0.1, 0.15) is 44.6 Å². The summed E-state index contributed by atoms with van der Waals surface area (Å²) in [5, 5.41) is 4.20. The van der Waals surface area contributed by atoms with Gasteiger partial charge in [0, 0.05) is 31.4 Å². The summed E-state index contributed by atoms with van der Waals surface area (Å²) in [5.41, 5.74) is 0. The Bertz CT molecular complexity index is 529. The Morgan fingerprint density at radius 1 is 1.13 bits per heavy atom. The van der Waals surface area contributed by atoms with Crippen LogP contribution in [0.4, 0.5) is 13.2 Å². The molecule has 7 heteroatoms. The minimum Gasteiger partial charge on any atom is -0.340 e. The number of likely N-dealkylation sites (tertiary alicyclic amines) is 1. The van der Waals surface area contributed by atoms with Gasteiger partial charge in [-0.1, -0.05) is 12.8 Å². The number of carbonyl (C=O) groups excluding carboxylic acids is 1. The Hall–Kier alpha value is -1.53. The number of carbonyl (C=O) groups is 1. The number of alkyl halides is 3. The summed E-state index contributed by atoms with van der Waals surface area (Å²) < 4.78 is 41.5. The van der Waals surface area contributed by atoms with Crippen LogP contribution in [-0.2, 0) is 4.79 Å². The Balaban J connectivity index is 1.71. The number of rotatable bonds is 2. The van der Waals surface area contributed by atoms with Crippen LogP contribution in [0.25, 0.3) is 0 Å². The van der Waals surface area contributed by atoms with Gasteiger partial charge in [-0.3, -0.25) is 9.48 Å². The highest BCUT2D eigenvalue weighted by Crippen LogP contribution is 2.42. The zero-order chi connectivity index (χ0) is 16.4. The molecule has 0 unspecified atom stereocenters. The van der Waals surface area contributed by atoms with Gasteiger partial charge in [-0.25, -0.2) is 0 Å². The van der Waals surface area contributed by atoms with E-state index in [1.807, 2.05) is 16.9 Å². The maximum atomic E-state index is 13.2. The van der Waals surface area contributed by atoms with E-state index in [1.165, 1.54) is 0 Å². The van der Waals surface area contributed by atoms with Crippen LogP contribution in [-0.4, -0.2) is 39.9 Å². The lowest BCUT2D eigenvalue weighted by Crippen LogP contribution is -2.48. The molecule has 2 fully saturated rings. The lowest BCUT2D eigenvalue weighted by atomic mass is 9.77. The third-order valence-corrected chi connectivity index (χ3v) is 5.11. The van der Waals surface area contributed by atoms with Gasteiger partial charge in [-0.15, -0.1) is 0 Å². The third-order valence-electron chi connectivity index (χ3n) is 5.11. The molecule has 0 bridgehead atoms. The molecular weight excluding hydrogens is 307 g/mol. The Labute approximate surface area is 133 Å². The van der Waals surface area contributed by atoms with E-state index in [1.54, 1.807) is 11.1 Å². The van der Waals surface area contributed by atoms with Gasteiger partial charge < -0.3 is 4.90 Å². The molecule has 2 aliphatic rings. The first kappa shape index (κ1) is 16.3. The fourth-order valence-corrected chi connectivity index (χ4v) is 3.92. The van der Waals surface area contributed by atoms with Crippen LogP contribution in [0.15, 0.2) is 18.5 Å². The van der Waals surface area contributed by atoms with Crippen molar-refractivity contribution in [3.63, 3.8) is 0 Å². The first-order valence-electron chi connectivity index (χ1n) is 8.31. The van der Waals surface area contributed by atoms with Gasteiger partial charge in [-0.05, 0) is 31.7 Å². The number of aromatic nitrogens is 2. The number of piperidine rings is 1. The van der Waals surface area contributed by atoms with E-state index in [9.17, 15) is 18.0 Å². The fraction of sp³-hybridized carbons (Fsp3) is 0.750. The molecule has 23 heavy (non-hydrogen) atoms. The van der Waals surface area contributed by atoms with E-state index in [-0.39, 0.29) is 18.4 Å². The summed E-state index contributed by atoms with van der Waals surface area (Å²) >= 11 is 0. The quantitative estimate of drug-likeness (QED) is 0.834. The van der Waals surface area contributed by atoms with Crippen molar-refractivity contribution < 1.29 is 18.0 Å². The Morgan fingerprint density at radius 2 is 1.91 bits per heavy atom. The van der Waals surface area contributed by atoms with E-state index in [2.05, 4.69) is 5.10 Å².